The Kier molecular flexibility index (Phi) is 4.79. The Hall–Kier alpha value is -1.25. The van der Waals surface area contributed by atoms with Gasteiger partial charge in [0.05, 0.1) is 10.7 Å². The van der Waals surface area contributed by atoms with Crippen molar-refractivity contribution in [2.45, 2.75) is 13.8 Å². The van der Waals surface area contributed by atoms with E-state index in [9.17, 15) is 0 Å². The van der Waals surface area contributed by atoms with Gasteiger partial charge in [0.1, 0.15) is 0 Å². The van der Waals surface area contributed by atoms with Crippen LogP contribution in [-0.4, -0.2) is 5.71 Å². The molecule has 4 heteroatoms. The van der Waals surface area contributed by atoms with Crippen LogP contribution in [0.4, 0.5) is 0 Å². The Bertz CT molecular complexity index is 485. The largest absolute Gasteiger partial charge is 0.323 e. The third-order valence-electron chi connectivity index (χ3n) is 2.29. The van der Waals surface area contributed by atoms with Crippen molar-refractivity contribution in [2.24, 2.45) is 10.9 Å². The third kappa shape index (κ3) is 3.35. The molecule has 1 aromatic rings. The highest BCUT2D eigenvalue weighted by Crippen LogP contribution is 2.29. The highest BCUT2D eigenvalue weighted by Gasteiger charge is 2.11. The van der Waals surface area contributed by atoms with Crippen molar-refractivity contribution in [1.82, 2.24) is 0 Å². The lowest BCUT2D eigenvalue weighted by Crippen LogP contribution is -2.00. The van der Waals surface area contributed by atoms with Gasteiger partial charge in [0.15, 0.2) is 0 Å². The van der Waals surface area contributed by atoms with Gasteiger partial charge in [0, 0.05) is 10.6 Å². The van der Waals surface area contributed by atoms with Gasteiger partial charge in [-0.25, -0.2) is 0 Å². The molecule has 0 bridgehead atoms. The zero-order valence-corrected chi connectivity index (χ0v) is 11.3. The van der Waals surface area contributed by atoms with Gasteiger partial charge >= 0.3 is 0 Å². The van der Waals surface area contributed by atoms with E-state index in [0.717, 1.165) is 16.7 Å². The van der Waals surface area contributed by atoms with Gasteiger partial charge in [-0.3, -0.25) is 0 Å². The van der Waals surface area contributed by atoms with Crippen LogP contribution in [0.25, 0.3) is 5.57 Å². The summed E-state index contributed by atoms with van der Waals surface area (Å²) < 4.78 is 0. The molecule has 0 heterocycles. The molecule has 0 saturated heterocycles. The summed E-state index contributed by atoms with van der Waals surface area (Å²) >= 11 is 12.1. The lowest BCUT2D eigenvalue weighted by Gasteiger charge is -2.11. The number of halogens is 2. The predicted molar refractivity (Wildman–Crippen MR) is 76.3 cm³/mol. The molecule has 17 heavy (non-hydrogen) atoms. The second-order valence-corrected chi connectivity index (χ2v) is 4.51. The SMILES string of the molecule is C=C(C)/C(=C(Cl)\C(C)=N/N)c1ccc(Cl)cc1. The fraction of sp³-hybridized carbons (Fsp3) is 0.154. The van der Waals surface area contributed by atoms with E-state index in [0.29, 0.717) is 15.8 Å². The van der Waals surface area contributed by atoms with Crippen LogP contribution in [0.5, 0.6) is 0 Å². The van der Waals surface area contributed by atoms with Crippen LogP contribution in [-0.2, 0) is 0 Å². The number of nitrogens with two attached hydrogens (primary N) is 1. The van der Waals surface area contributed by atoms with Gasteiger partial charge in [-0.05, 0) is 37.1 Å². The van der Waals surface area contributed by atoms with E-state index < -0.39 is 0 Å². The van der Waals surface area contributed by atoms with E-state index in [1.54, 1.807) is 19.1 Å². The van der Waals surface area contributed by atoms with Crippen molar-refractivity contribution < 1.29 is 0 Å². The average Bonchev–Trinajstić information content (AvgIpc) is 2.30. The molecule has 0 fully saturated rings. The van der Waals surface area contributed by atoms with Gasteiger partial charge in [0.2, 0.25) is 0 Å². The molecule has 2 nitrogen and oxygen atoms in total. The van der Waals surface area contributed by atoms with Crippen LogP contribution in [0.1, 0.15) is 19.4 Å². The fourth-order valence-corrected chi connectivity index (χ4v) is 1.86. The summed E-state index contributed by atoms with van der Waals surface area (Å²) in [6.07, 6.45) is 0. The number of nitrogens with zero attached hydrogens (tertiary/aromatic N) is 1. The normalized spacial score (nSPS) is 13.3. The molecule has 0 radical (unpaired) electrons. The summed E-state index contributed by atoms with van der Waals surface area (Å²) in [6, 6.07) is 7.38. The Morgan fingerprint density at radius 2 is 1.76 bits per heavy atom. The van der Waals surface area contributed by atoms with Crippen molar-refractivity contribution in [3.05, 3.63) is 52.0 Å². The van der Waals surface area contributed by atoms with E-state index in [-0.39, 0.29) is 0 Å². The van der Waals surface area contributed by atoms with E-state index in [4.69, 9.17) is 29.0 Å². The number of hydrazone groups is 1. The second-order valence-electron chi connectivity index (χ2n) is 3.69. The Balaban J connectivity index is 3.38. The van der Waals surface area contributed by atoms with Crippen molar-refractivity contribution >= 4 is 34.5 Å². The van der Waals surface area contributed by atoms with Crippen LogP contribution < -0.4 is 5.84 Å². The molecular weight excluding hydrogens is 255 g/mol. The monoisotopic (exact) mass is 268 g/mol. The number of hydrogen-bond acceptors (Lipinski definition) is 2. The predicted octanol–water partition coefficient (Wildman–Crippen LogP) is 4.20. The first-order valence-electron chi connectivity index (χ1n) is 5.03. The molecule has 0 aliphatic heterocycles. The van der Waals surface area contributed by atoms with Crippen LogP contribution in [0.3, 0.4) is 0 Å². The molecular formula is C13H14Cl2N2. The van der Waals surface area contributed by atoms with Crippen molar-refractivity contribution in [3.63, 3.8) is 0 Å². The minimum absolute atomic E-state index is 0.502. The molecule has 0 spiro atoms. The summed E-state index contributed by atoms with van der Waals surface area (Å²) in [5.74, 6) is 5.23. The summed E-state index contributed by atoms with van der Waals surface area (Å²) in [6.45, 7) is 7.56. The molecule has 0 aliphatic carbocycles. The first-order valence-corrected chi connectivity index (χ1v) is 5.79. The van der Waals surface area contributed by atoms with Crippen LogP contribution in [0.15, 0.2) is 46.6 Å². The van der Waals surface area contributed by atoms with Gasteiger partial charge in [-0.2, -0.15) is 5.10 Å². The van der Waals surface area contributed by atoms with E-state index >= 15 is 0 Å². The third-order valence-corrected chi connectivity index (χ3v) is 3.00. The van der Waals surface area contributed by atoms with Crippen molar-refractivity contribution in [3.8, 4) is 0 Å². The molecule has 0 unspecified atom stereocenters. The number of allylic oxidation sites excluding steroid dienone is 3. The molecule has 1 aromatic carbocycles. The average molecular weight is 269 g/mol. The number of benzene rings is 1. The van der Waals surface area contributed by atoms with Crippen LogP contribution >= 0.6 is 23.2 Å². The summed E-state index contributed by atoms with van der Waals surface area (Å²) in [7, 11) is 0. The maximum Gasteiger partial charge on any atom is 0.0761 e. The molecule has 0 amide bonds. The summed E-state index contributed by atoms with van der Waals surface area (Å²) in [4.78, 5) is 0. The van der Waals surface area contributed by atoms with E-state index in [2.05, 4.69) is 11.7 Å². The maximum atomic E-state index is 6.24. The van der Waals surface area contributed by atoms with Gasteiger partial charge in [-0.15, -0.1) is 0 Å². The smallest absolute Gasteiger partial charge is 0.0761 e. The molecule has 1 rings (SSSR count). The Labute approximate surface area is 111 Å². The lowest BCUT2D eigenvalue weighted by molar-refractivity contribution is 1.24. The standard InChI is InChI=1S/C13H14Cl2N2/c1-8(2)12(13(15)9(3)17-16)10-4-6-11(14)7-5-10/h4-7H,1,16H2,2-3H3/b13-12-,17-9-. The number of rotatable bonds is 3. The zero-order chi connectivity index (χ0) is 13.0. The first-order chi connectivity index (χ1) is 7.97. The minimum atomic E-state index is 0.502. The van der Waals surface area contributed by atoms with Gasteiger partial charge in [0.25, 0.3) is 0 Å². The topological polar surface area (TPSA) is 38.4 Å². The molecule has 0 aromatic heterocycles. The number of hydrogen-bond donors (Lipinski definition) is 1. The molecule has 0 saturated carbocycles. The van der Waals surface area contributed by atoms with Crippen LogP contribution in [0.2, 0.25) is 5.02 Å². The second kappa shape index (κ2) is 5.89. The molecule has 0 aliphatic rings. The molecule has 90 valence electrons. The highest BCUT2D eigenvalue weighted by atomic mass is 35.5. The summed E-state index contributed by atoms with van der Waals surface area (Å²) in [5.41, 5.74) is 3.19. The maximum absolute atomic E-state index is 6.24. The minimum Gasteiger partial charge on any atom is -0.323 e. The van der Waals surface area contributed by atoms with E-state index in [1.807, 2.05) is 19.1 Å². The lowest BCUT2D eigenvalue weighted by atomic mass is 9.98. The molecule has 0 atom stereocenters. The zero-order valence-electron chi connectivity index (χ0n) is 9.80. The first kappa shape index (κ1) is 13.8. The van der Waals surface area contributed by atoms with Gasteiger partial charge in [-0.1, -0.05) is 41.9 Å². The van der Waals surface area contributed by atoms with E-state index in [1.165, 1.54) is 0 Å². The summed E-state index contributed by atoms with van der Waals surface area (Å²) in [5, 5.41) is 4.77. The Morgan fingerprint density at radius 1 is 1.24 bits per heavy atom. The van der Waals surface area contributed by atoms with Crippen LogP contribution in [0, 0.1) is 0 Å². The highest BCUT2D eigenvalue weighted by molar-refractivity contribution is 6.46. The van der Waals surface area contributed by atoms with Crippen molar-refractivity contribution in [1.29, 1.82) is 0 Å². The molecule has 2 N–H and O–H groups in total. The fourth-order valence-electron chi connectivity index (χ4n) is 1.41. The quantitative estimate of drug-likeness (QED) is 0.380. The van der Waals surface area contributed by atoms with Gasteiger partial charge < -0.3 is 5.84 Å². The van der Waals surface area contributed by atoms with Crippen molar-refractivity contribution in [2.75, 3.05) is 0 Å². The Morgan fingerprint density at radius 3 is 2.18 bits per heavy atom.